The standard InChI is InChI=1S/C20H30O2Si2/c1-15-16(2)20(22-4)18(12-14-24(8,9)10)17(19(15)21-3)11-13-23(5,6)7/h1-10H3. The number of ether oxygens (including phenoxy) is 2. The van der Waals surface area contributed by atoms with Crippen molar-refractivity contribution in [3.63, 3.8) is 0 Å². The van der Waals surface area contributed by atoms with Crippen LogP contribution in [-0.4, -0.2) is 30.4 Å². The van der Waals surface area contributed by atoms with Gasteiger partial charge < -0.3 is 9.47 Å². The summed E-state index contributed by atoms with van der Waals surface area (Å²) >= 11 is 0. The molecule has 0 aliphatic heterocycles. The fourth-order valence-electron chi connectivity index (χ4n) is 2.19. The first-order chi connectivity index (χ1) is 10.9. The monoisotopic (exact) mass is 358 g/mol. The average molecular weight is 359 g/mol. The Morgan fingerprint density at radius 1 is 0.625 bits per heavy atom. The topological polar surface area (TPSA) is 18.5 Å². The lowest BCUT2D eigenvalue weighted by atomic mass is 9.97. The summed E-state index contributed by atoms with van der Waals surface area (Å²) in [7, 11) is 0.369. The normalized spacial score (nSPS) is 11.1. The highest BCUT2D eigenvalue weighted by Gasteiger charge is 2.20. The van der Waals surface area contributed by atoms with E-state index in [-0.39, 0.29) is 0 Å². The molecule has 130 valence electrons. The first-order valence-electron chi connectivity index (χ1n) is 8.22. The highest BCUT2D eigenvalue weighted by atomic mass is 28.3. The largest absolute Gasteiger partial charge is 0.495 e. The van der Waals surface area contributed by atoms with E-state index in [1.807, 2.05) is 13.8 Å². The van der Waals surface area contributed by atoms with E-state index < -0.39 is 16.1 Å². The van der Waals surface area contributed by atoms with Crippen LogP contribution in [0.4, 0.5) is 0 Å². The Morgan fingerprint density at radius 3 is 1.12 bits per heavy atom. The van der Waals surface area contributed by atoms with Crippen molar-refractivity contribution in [1.29, 1.82) is 0 Å². The van der Waals surface area contributed by atoms with Gasteiger partial charge in [0.2, 0.25) is 0 Å². The van der Waals surface area contributed by atoms with Gasteiger partial charge >= 0.3 is 0 Å². The van der Waals surface area contributed by atoms with Gasteiger partial charge in [0.05, 0.1) is 25.3 Å². The van der Waals surface area contributed by atoms with Crippen LogP contribution in [0.5, 0.6) is 11.5 Å². The van der Waals surface area contributed by atoms with E-state index in [0.717, 1.165) is 33.8 Å². The number of hydrogen-bond donors (Lipinski definition) is 0. The molecule has 0 saturated heterocycles. The van der Waals surface area contributed by atoms with Crippen LogP contribution >= 0.6 is 0 Å². The Labute approximate surface area is 150 Å². The van der Waals surface area contributed by atoms with Crippen molar-refractivity contribution in [1.82, 2.24) is 0 Å². The second-order valence-corrected chi connectivity index (χ2v) is 17.6. The van der Waals surface area contributed by atoms with Crippen molar-refractivity contribution in [3.05, 3.63) is 22.3 Å². The molecule has 0 unspecified atom stereocenters. The summed E-state index contributed by atoms with van der Waals surface area (Å²) in [6.07, 6.45) is 0. The molecule has 0 bridgehead atoms. The smallest absolute Gasteiger partial charge is 0.139 e. The number of rotatable bonds is 2. The molecule has 0 atom stereocenters. The number of benzene rings is 1. The van der Waals surface area contributed by atoms with Crippen LogP contribution in [0, 0.1) is 36.8 Å². The van der Waals surface area contributed by atoms with Crippen molar-refractivity contribution < 1.29 is 9.47 Å². The minimum absolute atomic E-state index is 0.818. The van der Waals surface area contributed by atoms with Crippen LogP contribution in [0.1, 0.15) is 22.3 Å². The molecule has 0 aromatic heterocycles. The van der Waals surface area contributed by atoms with Crippen LogP contribution < -0.4 is 9.47 Å². The minimum Gasteiger partial charge on any atom is -0.495 e. The molecule has 0 radical (unpaired) electrons. The fourth-order valence-corrected chi connectivity index (χ4v) is 3.19. The second kappa shape index (κ2) is 7.51. The van der Waals surface area contributed by atoms with E-state index in [9.17, 15) is 0 Å². The van der Waals surface area contributed by atoms with E-state index in [2.05, 4.69) is 62.2 Å². The summed E-state index contributed by atoms with van der Waals surface area (Å²) in [6, 6.07) is 0. The maximum absolute atomic E-state index is 5.70. The number of methoxy groups -OCH3 is 2. The zero-order valence-electron chi connectivity index (χ0n) is 16.8. The molecule has 1 aromatic rings. The fraction of sp³-hybridized carbons (Fsp3) is 0.500. The third-order valence-corrected chi connectivity index (χ3v) is 5.23. The summed E-state index contributed by atoms with van der Waals surface area (Å²) in [5, 5.41) is 0. The Morgan fingerprint density at radius 2 is 0.917 bits per heavy atom. The van der Waals surface area contributed by atoms with Gasteiger partial charge in [0.1, 0.15) is 27.6 Å². The molecule has 0 heterocycles. The Bertz CT molecular complexity index is 678. The molecule has 1 rings (SSSR count). The quantitative estimate of drug-likeness (QED) is 0.559. The van der Waals surface area contributed by atoms with E-state index in [1.54, 1.807) is 14.2 Å². The first-order valence-corrected chi connectivity index (χ1v) is 15.2. The van der Waals surface area contributed by atoms with Gasteiger partial charge in [0, 0.05) is 0 Å². The van der Waals surface area contributed by atoms with Crippen molar-refractivity contribution in [2.24, 2.45) is 0 Å². The maximum atomic E-state index is 5.70. The molecule has 4 heteroatoms. The summed E-state index contributed by atoms with van der Waals surface area (Å²) in [4.78, 5) is 0. The molecule has 0 spiro atoms. The van der Waals surface area contributed by atoms with Gasteiger partial charge in [-0.15, -0.1) is 11.1 Å². The van der Waals surface area contributed by atoms with Gasteiger partial charge in [-0.25, -0.2) is 0 Å². The minimum atomic E-state index is -1.51. The molecule has 0 amide bonds. The highest BCUT2D eigenvalue weighted by molar-refractivity contribution is 6.84. The predicted molar refractivity (Wildman–Crippen MR) is 109 cm³/mol. The zero-order chi connectivity index (χ0) is 18.7. The van der Waals surface area contributed by atoms with Gasteiger partial charge in [0.25, 0.3) is 0 Å². The average Bonchev–Trinajstić information content (AvgIpc) is 2.44. The van der Waals surface area contributed by atoms with Gasteiger partial charge in [-0.05, 0) is 25.0 Å². The Hall–Kier alpha value is -1.63. The third-order valence-electron chi connectivity index (χ3n) is 3.48. The lowest BCUT2D eigenvalue weighted by Gasteiger charge is -2.18. The van der Waals surface area contributed by atoms with Crippen LogP contribution in [0.2, 0.25) is 39.3 Å². The van der Waals surface area contributed by atoms with Crippen LogP contribution in [-0.2, 0) is 0 Å². The van der Waals surface area contributed by atoms with Gasteiger partial charge in [-0.2, -0.15) is 0 Å². The lowest BCUT2D eigenvalue weighted by molar-refractivity contribution is 0.396. The van der Waals surface area contributed by atoms with Crippen molar-refractivity contribution in [2.45, 2.75) is 53.1 Å². The van der Waals surface area contributed by atoms with E-state index in [0.29, 0.717) is 0 Å². The first kappa shape index (κ1) is 20.4. The summed E-state index contributed by atoms with van der Waals surface area (Å²) < 4.78 is 11.4. The van der Waals surface area contributed by atoms with Crippen LogP contribution in [0.15, 0.2) is 0 Å². The Balaban J connectivity index is 3.88. The number of hydrogen-bond acceptors (Lipinski definition) is 2. The molecule has 0 aliphatic carbocycles. The summed E-state index contributed by atoms with van der Waals surface area (Å²) in [5.41, 5.74) is 10.7. The van der Waals surface area contributed by atoms with Gasteiger partial charge in [-0.1, -0.05) is 51.1 Å². The molecule has 2 nitrogen and oxygen atoms in total. The highest BCUT2D eigenvalue weighted by Crippen LogP contribution is 2.37. The zero-order valence-corrected chi connectivity index (χ0v) is 18.8. The molecular formula is C20H30O2Si2. The lowest BCUT2D eigenvalue weighted by Crippen LogP contribution is -2.17. The van der Waals surface area contributed by atoms with Crippen molar-refractivity contribution in [3.8, 4) is 34.4 Å². The molecule has 1 aromatic carbocycles. The summed E-state index contributed by atoms with van der Waals surface area (Å²) in [6.45, 7) is 17.5. The Kier molecular flexibility index (Phi) is 6.39. The second-order valence-electron chi connectivity index (χ2n) is 8.07. The van der Waals surface area contributed by atoms with Crippen LogP contribution in [0.25, 0.3) is 0 Å². The van der Waals surface area contributed by atoms with Crippen molar-refractivity contribution in [2.75, 3.05) is 14.2 Å². The SMILES string of the molecule is COc1c(C)c(C)c(OC)c(C#C[Si](C)(C)C)c1C#C[Si](C)(C)C. The third kappa shape index (κ3) is 5.19. The van der Waals surface area contributed by atoms with Gasteiger partial charge in [0.15, 0.2) is 0 Å². The summed E-state index contributed by atoms with van der Waals surface area (Å²) in [5.74, 6) is 8.38. The molecular weight excluding hydrogens is 328 g/mol. The molecule has 0 aliphatic rings. The van der Waals surface area contributed by atoms with E-state index >= 15 is 0 Å². The van der Waals surface area contributed by atoms with Crippen molar-refractivity contribution >= 4 is 16.1 Å². The van der Waals surface area contributed by atoms with E-state index in [1.165, 1.54) is 0 Å². The van der Waals surface area contributed by atoms with Gasteiger partial charge in [-0.3, -0.25) is 0 Å². The van der Waals surface area contributed by atoms with Crippen LogP contribution in [0.3, 0.4) is 0 Å². The molecule has 0 fully saturated rings. The molecule has 24 heavy (non-hydrogen) atoms. The van der Waals surface area contributed by atoms with E-state index in [4.69, 9.17) is 9.47 Å². The maximum Gasteiger partial charge on any atom is 0.139 e. The predicted octanol–water partition coefficient (Wildman–Crippen LogP) is 4.78. The molecule has 0 saturated carbocycles. The molecule has 0 N–H and O–H groups in total.